The summed E-state index contributed by atoms with van der Waals surface area (Å²) < 4.78 is 0. The molecule has 1 aromatic carbocycles. The Balaban J connectivity index is 1.67. The molecular weight excluding hydrogens is 262 g/mol. The van der Waals surface area contributed by atoms with Gasteiger partial charge in [0.25, 0.3) is 0 Å². The molecule has 21 heavy (non-hydrogen) atoms. The second-order valence-electron chi connectivity index (χ2n) is 6.39. The second-order valence-corrected chi connectivity index (χ2v) is 6.39. The topological polar surface area (TPSA) is 44.4 Å². The predicted octanol–water partition coefficient (Wildman–Crippen LogP) is 3.60. The monoisotopic (exact) mass is 287 g/mol. The second kappa shape index (κ2) is 6.37. The highest BCUT2D eigenvalue weighted by molar-refractivity contribution is 5.94. The Morgan fingerprint density at radius 3 is 2.95 bits per heavy atom. The zero-order valence-electron chi connectivity index (χ0n) is 12.8. The molecule has 4 nitrogen and oxygen atoms in total. The highest BCUT2D eigenvalue weighted by atomic mass is 16.2. The zero-order chi connectivity index (χ0) is 14.7. The summed E-state index contributed by atoms with van der Waals surface area (Å²) >= 11 is 0. The number of nitrogens with one attached hydrogen (secondary N) is 2. The fourth-order valence-corrected chi connectivity index (χ4v) is 3.35. The van der Waals surface area contributed by atoms with Crippen molar-refractivity contribution in [2.24, 2.45) is 5.92 Å². The van der Waals surface area contributed by atoms with Crippen molar-refractivity contribution >= 4 is 17.4 Å². The average molecular weight is 287 g/mol. The van der Waals surface area contributed by atoms with E-state index < -0.39 is 0 Å². The minimum absolute atomic E-state index is 0.00967. The van der Waals surface area contributed by atoms with Gasteiger partial charge in [-0.1, -0.05) is 25.8 Å². The van der Waals surface area contributed by atoms with E-state index in [-0.39, 0.29) is 6.03 Å². The third-order valence-electron chi connectivity index (χ3n) is 4.64. The molecule has 3 rings (SSSR count). The van der Waals surface area contributed by atoms with E-state index in [9.17, 15) is 4.79 Å². The largest absolute Gasteiger partial charge is 0.382 e. The van der Waals surface area contributed by atoms with Crippen molar-refractivity contribution in [3.05, 3.63) is 24.3 Å². The highest BCUT2D eigenvalue weighted by Crippen LogP contribution is 2.27. The van der Waals surface area contributed by atoms with Crippen LogP contribution in [0.25, 0.3) is 0 Å². The van der Waals surface area contributed by atoms with E-state index >= 15 is 0 Å². The fraction of sp³-hybridized carbons (Fsp3) is 0.588. The molecule has 114 valence electrons. The van der Waals surface area contributed by atoms with Gasteiger partial charge in [-0.05, 0) is 43.4 Å². The molecule has 1 saturated heterocycles. The van der Waals surface area contributed by atoms with Crippen molar-refractivity contribution < 1.29 is 4.79 Å². The standard InChI is InChI=1S/C17H25N3O/c1-13-4-2-5-14(9-8-13)19-15-6-3-7-16(12-15)20-11-10-18-17(20)21/h3,6-7,12-14,19H,2,4-5,8-11H2,1H3,(H,18,21). The van der Waals surface area contributed by atoms with Gasteiger partial charge in [0.1, 0.15) is 0 Å². The summed E-state index contributed by atoms with van der Waals surface area (Å²) in [6, 6.07) is 8.81. The summed E-state index contributed by atoms with van der Waals surface area (Å²) in [5.74, 6) is 0.858. The van der Waals surface area contributed by atoms with Gasteiger partial charge in [-0.2, -0.15) is 0 Å². The van der Waals surface area contributed by atoms with Crippen LogP contribution in [-0.2, 0) is 0 Å². The van der Waals surface area contributed by atoms with Crippen LogP contribution in [0.4, 0.5) is 16.2 Å². The van der Waals surface area contributed by atoms with Crippen molar-refractivity contribution in [1.82, 2.24) is 5.32 Å². The summed E-state index contributed by atoms with van der Waals surface area (Å²) in [4.78, 5) is 13.6. The first-order valence-corrected chi connectivity index (χ1v) is 8.14. The van der Waals surface area contributed by atoms with E-state index in [1.165, 1.54) is 32.1 Å². The number of carbonyl (C=O) groups is 1. The summed E-state index contributed by atoms with van der Waals surface area (Å²) in [7, 11) is 0. The maximum absolute atomic E-state index is 11.8. The minimum Gasteiger partial charge on any atom is -0.382 e. The predicted molar refractivity (Wildman–Crippen MR) is 86.8 cm³/mol. The third kappa shape index (κ3) is 3.49. The SMILES string of the molecule is CC1CCCC(Nc2cccc(N3CCNC3=O)c2)CC1. The molecule has 1 heterocycles. The molecule has 2 atom stereocenters. The molecule has 1 aromatic rings. The Labute approximate surface area is 126 Å². The van der Waals surface area contributed by atoms with Gasteiger partial charge in [0.15, 0.2) is 0 Å². The molecule has 0 spiro atoms. The van der Waals surface area contributed by atoms with E-state index in [0.717, 1.165) is 30.4 Å². The van der Waals surface area contributed by atoms with Crippen LogP contribution < -0.4 is 15.5 Å². The number of nitrogens with zero attached hydrogens (tertiary/aromatic N) is 1. The van der Waals surface area contributed by atoms with Gasteiger partial charge in [-0.15, -0.1) is 0 Å². The highest BCUT2D eigenvalue weighted by Gasteiger charge is 2.21. The first-order chi connectivity index (χ1) is 10.2. The lowest BCUT2D eigenvalue weighted by Gasteiger charge is -2.20. The number of carbonyl (C=O) groups excluding carboxylic acids is 1. The maximum Gasteiger partial charge on any atom is 0.321 e. The van der Waals surface area contributed by atoms with Crippen LogP contribution >= 0.6 is 0 Å². The first kappa shape index (κ1) is 14.2. The molecule has 2 aliphatic rings. The molecule has 2 amide bonds. The van der Waals surface area contributed by atoms with Crippen LogP contribution in [0.2, 0.25) is 0 Å². The smallest absolute Gasteiger partial charge is 0.321 e. The summed E-state index contributed by atoms with van der Waals surface area (Å²) in [5.41, 5.74) is 2.11. The lowest BCUT2D eigenvalue weighted by molar-refractivity contribution is 0.252. The molecule has 2 fully saturated rings. The van der Waals surface area contributed by atoms with Crippen molar-refractivity contribution in [2.45, 2.75) is 45.1 Å². The molecule has 0 bridgehead atoms. The average Bonchev–Trinajstić information content (AvgIpc) is 2.80. The Morgan fingerprint density at radius 2 is 2.14 bits per heavy atom. The maximum atomic E-state index is 11.8. The Hall–Kier alpha value is -1.71. The lowest BCUT2D eigenvalue weighted by atomic mass is 10.0. The molecule has 4 heteroatoms. The molecule has 0 aromatic heterocycles. The summed E-state index contributed by atoms with van der Waals surface area (Å²) in [6.45, 7) is 3.84. The molecular formula is C17H25N3O. The summed E-state index contributed by atoms with van der Waals surface area (Å²) in [5, 5.41) is 6.51. The minimum atomic E-state index is 0.00967. The number of benzene rings is 1. The van der Waals surface area contributed by atoms with Gasteiger partial charge in [0.05, 0.1) is 0 Å². The van der Waals surface area contributed by atoms with Crippen LogP contribution in [0.15, 0.2) is 24.3 Å². The zero-order valence-corrected chi connectivity index (χ0v) is 12.8. The van der Waals surface area contributed by atoms with E-state index in [0.29, 0.717) is 6.04 Å². The van der Waals surface area contributed by atoms with Crippen LogP contribution in [0, 0.1) is 5.92 Å². The normalized spacial score (nSPS) is 26.3. The van der Waals surface area contributed by atoms with E-state index in [2.05, 4.69) is 29.7 Å². The first-order valence-electron chi connectivity index (χ1n) is 8.14. The number of hydrogen-bond donors (Lipinski definition) is 2. The molecule has 0 radical (unpaired) electrons. The van der Waals surface area contributed by atoms with Gasteiger partial charge in [0.2, 0.25) is 0 Å². The lowest BCUT2D eigenvalue weighted by Crippen LogP contribution is -2.27. The molecule has 2 unspecified atom stereocenters. The van der Waals surface area contributed by atoms with Gasteiger partial charge >= 0.3 is 6.03 Å². The van der Waals surface area contributed by atoms with Crippen molar-refractivity contribution in [3.63, 3.8) is 0 Å². The van der Waals surface area contributed by atoms with Gasteiger partial charge < -0.3 is 10.6 Å². The number of hydrogen-bond acceptors (Lipinski definition) is 2. The Bertz CT molecular complexity index is 503. The van der Waals surface area contributed by atoms with Gasteiger partial charge in [-0.25, -0.2) is 4.79 Å². The number of amides is 2. The van der Waals surface area contributed by atoms with Crippen molar-refractivity contribution in [2.75, 3.05) is 23.3 Å². The fourth-order valence-electron chi connectivity index (χ4n) is 3.35. The van der Waals surface area contributed by atoms with Gasteiger partial charge in [-0.3, -0.25) is 4.90 Å². The number of anilines is 2. The number of rotatable bonds is 3. The quantitative estimate of drug-likeness (QED) is 0.834. The number of urea groups is 1. The van der Waals surface area contributed by atoms with E-state index in [1.807, 2.05) is 12.1 Å². The van der Waals surface area contributed by atoms with Crippen LogP contribution in [0.1, 0.15) is 39.0 Å². The van der Waals surface area contributed by atoms with E-state index in [4.69, 9.17) is 0 Å². The molecule has 2 N–H and O–H groups in total. The Kier molecular flexibility index (Phi) is 4.32. The third-order valence-corrected chi connectivity index (χ3v) is 4.64. The summed E-state index contributed by atoms with van der Waals surface area (Å²) in [6.07, 6.45) is 6.47. The van der Waals surface area contributed by atoms with Gasteiger partial charge in [0, 0.05) is 30.5 Å². The van der Waals surface area contributed by atoms with Crippen molar-refractivity contribution in [1.29, 1.82) is 0 Å². The van der Waals surface area contributed by atoms with Crippen LogP contribution in [0.5, 0.6) is 0 Å². The van der Waals surface area contributed by atoms with Crippen molar-refractivity contribution in [3.8, 4) is 0 Å². The van der Waals surface area contributed by atoms with E-state index in [1.54, 1.807) is 4.90 Å². The van der Waals surface area contributed by atoms with Crippen LogP contribution in [0.3, 0.4) is 0 Å². The van der Waals surface area contributed by atoms with Crippen LogP contribution in [-0.4, -0.2) is 25.2 Å². The molecule has 1 aliphatic carbocycles. The molecule has 1 aliphatic heterocycles. The Morgan fingerprint density at radius 1 is 1.24 bits per heavy atom. The molecule has 1 saturated carbocycles.